The van der Waals surface area contributed by atoms with Crippen LogP contribution in [0.25, 0.3) is 0 Å². The predicted molar refractivity (Wildman–Crippen MR) is 55.7 cm³/mol. The molecule has 2 nitrogen and oxygen atoms in total. The molecule has 1 fully saturated rings. The highest BCUT2D eigenvalue weighted by molar-refractivity contribution is 4.83. The maximum Gasteiger partial charge on any atom is 0.0693 e. The van der Waals surface area contributed by atoms with Crippen LogP contribution in [0.1, 0.15) is 39.0 Å². The van der Waals surface area contributed by atoms with Crippen LogP contribution in [-0.4, -0.2) is 23.8 Å². The highest BCUT2D eigenvalue weighted by Gasteiger charge is 2.21. The van der Waals surface area contributed by atoms with E-state index in [2.05, 4.69) is 17.5 Å². The molecule has 0 amide bonds. The van der Waals surface area contributed by atoms with Gasteiger partial charge in [0.2, 0.25) is 0 Å². The Morgan fingerprint density at radius 1 is 1.38 bits per heavy atom. The molecule has 0 aromatic heterocycles. The standard InChI is InChI=1S/C11H21NO/c1-2-3-6-9-12-10-7-4-5-8-11(10)13/h2-3,10-13H,4-9H2,1H3/b3-2+. The molecule has 0 radical (unpaired) electrons. The largest absolute Gasteiger partial charge is 0.392 e. The first-order valence-electron chi connectivity index (χ1n) is 5.37. The van der Waals surface area contributed by atoms with Crippen molar-refractivity contribution in [1.29, 1.82) is 0 Å². The van der Waals surface area contributed by atoms with Gasteiger partial charge in [0.25, 0.3) is 0 Å². The summed E-state index contributed by atoms with van der Waals surface area (Å²) in [5.41, 5.74) is 0. The lowest BCUT2D eigenvalue weighted by Gasteiger charge is -2.28. The Kier molecular flexibility index (Phi) is 5.09. The van der Waals surface area contributed by atoms with Gasteiger partial charge in [0, 0.05) is 6.04 Å². The smallest absolute Gasteiger partial charge is 0.0693 e. The maximum absolute atomic E-state index is 9.64. The summed E-state index contributed by atoms with van der Waals surface area (Å²) in [6, 6.07) is 0.346. The lowest BCUT2D eigenvalue weighted by Crippen LogP contribution is -2.42. The molecule has 0 heterocycles. The summed E-state index contributed by atoms with van der Waals surface area (Å²) in [4.78, 5) is 0. The van der Waals surface area contributed by atoms with E-state index in [0.717, 1.165) is 25.8 Å². The van der Waals surface area contributed by atoms with Crippen LogP contribution in [0.5, 0.6) is 0 Å². The topological polar surface area (TPSA) is 32.3 Å². The molecule has 0 bridgehead atoms. The lowest BCUT2D eigenvalue weighted by molar-refractivity contribution is 0.0915. The number of hydrogen-bond donors (Lipinski definition) is 2. The van der Waals surface area contributed by atoms with Crippen molar-refractivity contribution in [3.63, 3.8) is 0 Å². The Balaban J connectivity index is 2.11. The summed E-state index contributed by atoms with van der Waals surface area (Å²) in [5.74, 6) is 0. The van der Waals surface area contributed by atoms with Crippen LogP contribution in [-0.2, 0) is 0 Å². The number of hydrogen-bond acceptors (Lipinski definition) is 2. The van der Waals surface area contributed by atoms with Gasteiger partial charge >= 0.3 is 0 Å². The fourth-order valence-corrected chi connectivity index (χ4v) is 1.87. The third-order valence-corrected chi connectivity index (χ3v) is 2.68. The maximum atomic E-state index is 9.64. The zero-order valence-electron chi connectivity index (χ0n) is 8.50. The van der Waals surface area contributed by atoms with Crippen molar-refractivity contribution in [1.82, 2.24) is 5.32 Å². The molecule has 0 aromatic carbocycles. The molecular weight excluding hydrogens is 162 g/mol. The zero-order valence-corrected chi connectivity index (χ0v) is 8.50. The molecule has 76 valence electrons. The number of aliphatic hydroxyl groups excluding tert-OH is 1. The van der Waals surface area contributed by atoms with Crippen molar-refractivity contribution in [3.8, 4) is 0 Å². The van der Waals surface area contributed by atoms with Crippen LogP contribution < -0.4 is 5.32 Å². The average molecular weight is 183 g/mol. The van der Waals surface area contributed by atoms with E-state index in [9.17, 15) is 5.11 Å². The van der Waals surface area contributed by atoms with Crippen LogP contribution in [0, 0.1) is 0 Å². The second-order valence-corrected chi connectivity index (χ2v) is 3.77. The first-order chi connectivity index (χ1) is 6.34. The lowest BCUT2D eigenvalue weighted by atomic mass is 9.92. The van der Waals surface area contributed by atoms with Gasteiger partial charge in [-0.15, -0.1) is 0 Å². The number of rotatable bonds is 4. The monoisotopic (exact) mass is 183 g/mol. The minimum atomic E-state index is -0.112. The molecule has 1 saturated carbocycles. The molecule has 0 aromatic rings. The molecule has 1 rings (SSSR count). The molecule has 1 aliphatic rings. The van der Waals surface area contributed by atoms with E-state index in [1.54, 1.807) is 0 Å². The molecule has 2 atom stereocenters. The number of nitrogens with one attached hydrogen (secondary N) is 1. The van der Waals surface area contributed by atoms with Gasteiger partial charge in [-0.3, -0.25) is 0 Å². The molecule has 1 aliphatic carbocycles. The molecule has 2 N–H and O–H groups in total. The minimum Gasteiger partial charge on any atom is -0.392 e. The van der Waals surface area contributed by atoms with Gasteiger partial charge in [-0.2, -0.15) is 0 Å². The van der Waals surface area contributed by atoms with Gasteiger partial charge in [-0.1, -0.05) is 25.0 Å². The van der Waals surface area contributed by atoms with Crippen LogP contribution in [0.4, 0.5) is 0 Å². The van der Waals surface area contributed by atoms with Crippen molar-refractivity contribution in [2.75, 3.05) is 6.54 Å². The second kappa shape index (κ2) is 6.17. The van der Waals surface area contributed by atoms with E-state index in [1.165, 1.54) is 12.8 Å². The molecule has 13 heavy (non-hydrogen) atoms. The SMILES string of the molecule is C/C=C/CCNC1CCCCC1O. The van der Waals surface area contributed by atoms with Gasteiger partial charge in [-0.25, -0.2) is 0 Å². The van der Waals surface area contributed by atoms with Crippen LogP contribution in [0.15, 0.2) is 12.2 Å². The third kappa shape index (κ3) is 3.92. The highest BCUT2D eigenvalue weighted by atomic mass is 16.3. The molecule has 0 aliphatic heterocycles. The minimum absolute atomic E-state index is 0.112. The fraction of sp³-hybridized carbons (Fsp3) is 0.818. The van der Waals surface area contributed by atoms with E-state index in [0.29, 0.717) is 6.04 Å². The van der Waals surface area contributed by atoms with Gasteiger partial charge in [0.05, 0.1) is 6.10 Å². The van der Waals surface area contributed by atoms with E-state index in [4.69, 9.17) is 0 Å². The fourth-order valence-electron chi connectivity index (χ4n) is 1.87. The molecule has 2 heteroatoms. The van der Waals surface area contributed by atoms with Crippen LogP contribution in [0.3, 0.4) is 0 Å². The first kappa shape index (κ1) is 10.7. The Labute approximate surface area is 81.0 Å². The number of aliphatic hydroxyl groups is 1. The quantitative estimate of drug-likeness (QED) is 0.515. The highest BCUT2D eigenvalue weighted by Crippen LogP contribution is 2.18. The van der Waals surface area contributed by atoms with E-state index in [-0.39, 0.29) is 6.10 Å². The van der Waals surface area contributed by atoms with Crippen molar-refractivity contribution in [3.05, 3.63) is 12.2 Å². The first-order valence-corrected chi connectivity index (χ1v) is 5.37. The zero-order chi connectivity index (χ0) is 9.52. The van der Waals surface area contributed by atoms with Crippen LogP contribution in [0.2, 0.25) is 0 Å². The van der Waals surface area contributed by atoms with Crippen molar-refractivity contribution < 1.29 is 5.11 Å². The predicted octanol–water partition coefficient (Wildman–Crippen LogP) is 1.85. The molecular formula is C11H21NO. The van der Waals surface area contributed by atoms with Gasteiger partial charge in [0.15, 0.2) is 0 Å². The summed E-state index contributed by atoms with van der Waals surface area (Å²) in [5, 5.41) is 13.0. The second-order valence-electron chi connectivity index (χ2n) is 3.77. The van der Waals surface area contributed by atoms with Crippen molar-refractivity contribution in [2.45, 2.75) is 51.2 Å². The number of allylic oxidation sites excluding steroid dienone is 1. The Morgan fingerprint density at radius 3 is 2.85 bits per heavy atom. The van der Waals surface area contributed by atoms with Crippen LogP contribution >= 0.6 is 0 Å². The van der Waals surface area contributed by atoms with Gasteiger partial charge < -0.3 is 10.4 Å². The average Bonchev–Trinajstić information content (AvgIpc) is 2.15. The van der Waals surface area contributed by atoms with E-state index >= 15 is 0 Å². The summed E-state index contributed by atoms with van der Waals surface area (Å²) in [6.45, 7) is 3.03. The Morgan fingerprint density at radius 2 is 2.15 bits per heavy atom. The van der Waals surface area contributed by atoms with E-state index < -0.39 is 0 Å². The van der Waals surface area contributed by atoms with Gasteiger partial charge in [-0.05, 0) is 32.7 Å². The Hall–Kier alpha value is -0.340. The van der Waals surface area contributed by atoms with E-state index in [1.807, 2.05) is 6.92 Å². The normalized spacial score (nSPS) is 29.7. The summed E-state index contributed by atoms with van der Waals surface area (Å²) < 4.78 is 0. The molecule has 0 saturated heterocycles. The molecule has 2 unspecified atom stereocenters. The van der Waals surface area contributed by atoms with Crippen molar-refractivity contribution >= 4 is 0 Å². The molecule has 0 spiro atoms. The summed E-state index contributed by atoms with van der Waals surface area (Å²) >= 11 is 0. The third-order valence-electron chi connectivity index (χ3n) is 2.68. The summed E-state index contributed by atoms with van der Waals surface area (Å²) in [6.07, 6.45) is 9.74. The Bertz CT molecular complexity index is 156. The van der Waals surface area contributed by atoms with Gasteiger partial charge in [0.1, 0.15) is 0 Å². The van der Waals surface area contributed by atoms with Crippen molar-refractivity contribution in [2.24, 2.45) is 0 Å². The summed E-state index contributed by atoms with van der Waals surface area (Å²) in [7, 11) is 0.